The molecule has 1 unspecified atom stereocenters. The van der Waals surface area contributed by atoms with Gasteiger partial charge in [0.25, 0.3) is 0 Å². The molecular weight excluding hydrogens is 160 g/mol. The Bertz CT molecular complexity index is 161. The summed E-state index contributed by atoms with van der Waals surface area (Å²) in [5, 5.41) is 0. The molecule has 1 atom stereocenters. The van der Waals surface area contributed by atoms with Gasteiger partial charge in [0, 0.05) is 18.1 Å². The van der Waals surface area contributed by atoms with Crippen molar-refractivity contribution in [1.29, 1.82) is 0 Å². The molecule has 0 bridgehead atoms. The summed E-state index contributed by atoms with van der Waals surface area (Å²) < 4.78 is 0. The van der Waals surface area contributed by atoms with Gasteiger partial charge in [-0.1, -0.05) is 13.8 Å². The maximum Gasteiger partial charge on any atom is 0.0332 e. The summed E-state index contributed by atoms with van der Waals surface area (Å²) in [6, 6.07) is 0.672. The van der Waals surface area contributed by atoms with Gasteiger partial charge in [-0.25, -0.2) is 0 Å². The van der Waals surface area contributed by atoms with Crippen molar-refractivity contribution in [1.82, 2.24) is 4.90 Å². The van der Waals surface area contributed by atoms with Crippen LogP contribution in [0.1, 0.15) is 40.0 Å². The summed E-state index contributed by atoms with van der Waals surface area (Å²) in [5.41, 5.74) is 6.17. The number of hydrogen-bond acceptors (Lipinski definition) is 2. The summed E-state index contributed by atoms with van der Waals surface area (Å²) in [7, 11) is 2.23. The molecule has 2 nitrogen and oxygen atoms in total. The molecule has 1 aliphatic rings. The van der Waals surface area contributed by atoms with Gasteiger partial charge < -0.3 is 5.73 Å². The normalized spacial score (nSPS) is 22.4. The molecule has 78 valence electrons. The number of nitrogens with two attached hydrogens (primary N) is 1. The van der Waals surface area contributed by atoms with Crippen molar-refractivity contribution in [3.8, 4) is 0 Å². The van der Waals surface area contributed by atoms with Crippen molar-refractivity contribution < 1.29 is 0 Å². The van der Waals surface area contributed by atoms with E-state index in [1.807, 2.05) is 0 Å². The quantitative estimate of drug-likeness (QED) is 0.706. The Balaban J connectivity index is 2.42. The van der Waals surface area contributed by atoms with Gasteiger partial charge in [-0.15, -0.1) is 0 Å². The van der Waals surface area contributed by atoms with Crippen molar-refractivity contribution in [3.63, 3.8) is 0 Å². The van der Waals surface area contributed by atoms with Crippen molar-refractivity contribution in [2.24, 2.45) is 11.7 Å². The molecule has 0 aliphatic heterocycles. The molecule has 1 aliphatic carbocycles. The molecule has 0 aromatic heterocycles. The van der Waals surface area contributed by atoms with E-state index in [4.69, 9.17) is 5.73 Å². The van der Waals surface area contributed by atoms with E-state index in [-0.39, 0.29) is 0 Å². The van der Waals surface area contributed by atoms with E-state index in [1.54, 1.807) is 0 Å². The van der Waals surface area contributed by atoms with E-state index in [0.717, 1.165) is 12.5 Å². The second-order valence-electron chi connectivity index (χ2n) is 5.02. The average Bonchev–Trinajstić information content (AvgIpc) is 2.82. The van der Waals surface area contributed by atoms with Crippen LogP contribution in [0.15, 0.2) is 0 Å². The Morgan fingerprint density at radius 3 is 2.15 bits per heavy atom. The second kappa shape index (κ2) is 3.97. The Morgan fingerprint density at radius 1 is 1.31 bits per heavy atom. The molecule has 1 saturated carbocycles. The minimum absolute atomic E-state index is 0.369. The van der Waals surface area contributed by atoms with E-state index < -0.39 is 0 Å². The SMILES string of the molecule is CC(C)CC(C)N(C)C1(CN)CC1. The molecule has 1 rings (SSSR count). The molecule has 0 radical (unpaired) electrons. The zero-order valence-corrected chi connectivity index (χ0v) is 9.51. The first kappa shape index (κ1) is 11.0. The van der Waals surface area contributed by atoms with Crippen LogP contribution in [0.3, 0.4) is 0 Å². The highest BCUT2D eigenvalue weighted by Crippen LogP contribution is 2.41. The van der Waals surface area contributed by atoms with Gasteiger partial charge >= 0.3 is 0 Å². The zero-order valence-electron chi connectivity index (χ0n) is 9.51. The first-order chi connectivity index (χ1) is 6.02. The lowest BCUT2D eigenvalue weighted by Gasteiger charge is -2.33. The molecule has 0 aromatic rings. The van der Waals surface area contributed by atoms with E-state index in [1.165, 1.54) is 19.3 Å². The van der Waals surface area contributed by atoms with Gasteiger partial charge in [-0.05, 0) is 39.2 Å². The zero-order chi connectivity index (χ0) is 10.1. The molecule has 13 heavy (non-hydrogen) atoms. The van der Waals surface area contributed by atoms with Crippen molar-refractivity contribution in [2.75, 3.05) is 13.6 Å². The maximum atomic E-state index is 5.80. The number of hydrogen-bond donors (Lipinski definition) is 1. The summed E-state index contributed by atoms with van der Waals surface area (Å²) in [6.07, 6.45) is 3.86. The van der Waals surface area contributed by atoms with E-state index in [2.05, 4.69) is 32.7 Å². The van der Waals surface area contributed by atoms with Gasteiger partial charge in [-0.3, -0.25) is 4.90 Å². The van der Waals surface area contributed by atoms with Crippen LogP contribution in [0.5, 0.6) is 0 Å². The van der Waals surface area contributed by atoms with E-state index in [9.17, 15) is 0 Å². The van der Waals surface area contributed by atoms with Crippen LogP contribution in [0.25, 0.3) is 0 Å². The van der Waals surface area contributed by atoms with Crippen molar-refractivity contribution in [2.45, 2.75) is 51.6 Å². The molecule has 0 amide bonds. The van der Waals surface area contributed by atoms with E-state index >= 15 is 0 Å². The average molecular weight is 184 g/mol. The first-order valence-electron chi connectivity index (χ1n) is 5.45. The van der Waals surface area contributed by atoms with Crippen LogP contribution in [0, 0.1) is 5.92 Å². The van der Waals surface area contributed by atoms with Gasteiger partial charge in [-0.2, -0.15) is 0 Å². The van der Waals surface area contributed by atoms with Crippen molar-refractivity contribution in [3.05, 3.63) is 0 Å². The monoisotopic (exact) mass is 184 g/mol. The number of likely N-dealkylation sites (N-methyl/N-ethyl adjacent to an activating group) is 1. The fraction of sp³-hybridized carbons (Fsp3) is 1.00. The van der Waals surface area contributed by atoms with Gasteiger partial charge in [0.15, 0.2) is 0 Å². The molecule has 1 fully saturated rings. The number of nitrogens with zero attached hydrogens (tertiary/aromatic N) is 1. The molecule has 2 heteroatoms. The molecule has 2 N–H and O–H groups in total. The van der Waals surface area contributed by atoms with Gasteiger partial charge in [0.2, 0.25) is 0 Å². The Kier molecular flexibility index (Phi) is 3.36. The lowest BCUT2D eigenvalue weighted by Crippen LogP contribution is -2.45. The lowest BCUT2D eigenvalue weighted by atomic mass is 10.0. The summed E-state index contributed by atoms with van der Waals surface area (Å²) in [5.74, 6) is 0.783. The highest BCUT2D eigenvalue weighted by Gasteiger charge is 2.46. The fourth-order valence-corrected chi connectivity index (χ4v) is 2.15. The van der Waals surface area contributed by atoms with Crippen LogP contribution < -0.4 is 5.73 Å². The highest BCUT2D eigenvalue weighted by atomic mass is 15.2. The Labute approximate surface area is 82.5 Å². The standard InChI is InChI=1S/C11H24N2/c1-9(2)7-10(3)13(4)11(8-12)5-6-11/h9-10H,5-8,12H2,1-4H3. The summed E-state index contributed by atoms with van der Waals surface area (Å²) in [4.78, 5) is 2.49. The Morgan fingerprint density at radius 2 is 1.85 bits per heavy atom. The molecular formula is C11H24N2. The van der Waals surface area contributed by atoms with Crippen LogP contribution in [-0.2, 0) is 0 Å². The molecule has 0 saturated heterocycles. The maximum absolute atomic E-state index is 5.80. The summed E-state index contributed by atoms with van der Waals surface area (Å²) in [6.45, 7) is 7.71. The molecule has 0 aromatic carbocycles. The number of rotatable bonds is 5. The predicted molar refractivity (Wildman–Crippen MR) is 57.7 cm³/mol. The minimum atomic E-state index is 0.369. The van der Waals surface area contributed by atoms with E-state index in [0.29, 0.717) is 11.6 Å². The fourth-order valence-electron chi connectivity index (χ4n) is 2.15. The topological polar surface area (TPSA) is 29.3 Å². The van der Waals surface area contributed by atoms with Crippen LogP contribution in [-0.4, -0.2) is 30.1 Å². The largest absolute Gasteiger partial charge is 0.329 e. The third-order valence-electron chi connectivity index (χ3n) is 3.43. The third-order valence-corrected chi connectivity index (χ3v) is 3.43. The lowest BCUT2D eigenvalue weighted by molar-refractivity contribution is 0.151. The predicted octanol–water partition coefficient (Wildman–Crippen LogP) is 1.84. The van der Waals surface area contributed by atoms with Gasteiger partial charge in [0.1, 0.15) is 0 Å². The smallest absolute Gasteiger partial charge is 0.0332 e. The minimum Gasteiger partial charge on any atom is -0.329 e. The second-order valence-corrected chi connectivity index (χ2v) is 5.02. The first-order valence-corrected chi connectivity index (χ1v) is 5.45. The van der Waals surface area contributed by atoms with Crippen molar-refractivity contribution >= 4 is 0 Å². The highest BCUT2D eigenvalue weighted by molar-refractivity contribution is 5.04. The van der Waals surface area contributed by atoms with Crippen LogP contribution in [0.4, 0.5) is 0 Å². The Hall–Kier alpha value is -0.0800. The van der Waals surface area contributed by atoms with Crippen LogP contribution >= 0.6 is 0 Å². The molecule has 0 spiro atoms. The van der Waals surface area contributed by atoms with Gasteiger partial charge in [0.05, 0.1) is 0 Å². The van der Waals surface area contributed by atoms with Crippen LogP contribution in [0.2, 0.25) is 0 Å². The molecule has 0 heterocycles. The third kappa shape index (κ3) is 2.44. The summed E-state index contributed by atoms with van der Waals surface area (Å²) >= 11 is 0.